The monoisotopic (exact) mass is 359 g/mol. The number of halogens is 3. The van der Waals surface area contributed by atoms with Crippen LogP contribution in [-0.2, 0) is 0 Å². The van der Waals surface area contributed by atoms with E-state index in [1.54, 1.807) is 0 Å². The van der Waals surface area contributed by atoms with Gasteiger partial charge in [-0.25, -0.2) is 0 Å². The number of rotatable bonds is 0. The first-order chi connectivity index (χ1) is 0. The fourth-order valence-corrected chi connectivity index (χ4v) is 0. The maximum Gasteiger partial charge on any atom is 0 e. The molecule has 2 N–H and O–H groups in total. The normalized spacial score (nSPS) is 0. The van der Waals surface area contributed by atoms with E-state index in [0.717, 1.165) is 0 Å². The molecule has 0 aromatic rings. The summed E-state index contributed by atoms with van der Waals surface area (Å²) < 4.78 is 0. The van der Waals surface area contributed by atoms with Gasteiger partial charge in [-0.1, -0.05) is 0 Å². The van der Waals surface area contributed by atoms with Gasteiger partial charge in [0.05, 0.1) is 0 Å². The quantitative estimate of drug-likeness (QED) is 0.411. The summed E-state index contributed by atoms with van der Waals surface area (Å²) in [6.07, 6.45) is 0. The molecule has 0 aliphatic carbocycles. The van der Waals surface area contributed by atoms with Crippen LogP contribution in [0.2, 0.25) is 0 Å². The molecule has 0 aliphatic rings. The molecular weight excluding hydrogens is 359 g/mol. The molecule has 5 heavy (non-hydrogen) atoms. The Morgan fingerprint density at radius 3 is 0.600 bits per heavy atom. The Morgan fingerprint density at radius 2 is 0.600 bits per heavy atom. The van der Waals surface area contributed by atoms with Gasteiger partial charge in [0.15, 0.2) is 0 Å². The molecule has 5 heteroatoms. The Kier molecular flexibility index (Phi) is 555. The van der Waals surface area contributed by atoms with Gasteiger partial charge < -0.3 is 42.7 Å². The van der Waals surface area contributed by atoms with Crippen LogP contribution in [-0.4, -0.2) is 5.48 Å². The Labute approximate surface area is 72.1 Å². The third kappa shape index (κ3) is 25.4. The first kappa shape index (κ1) is 68.8. The van der Waals surface area contributed by atoms with Crippen molar-refractivity contribution in [2.45, 2.75) is 0 Å². The van der Waals surface area contributed by atoms with E-state index in [2.05, 4.69) is 0 Å². The zero-order valence-electron chi connectivity index (χ0n) is 2.08. The average molecular weight is 361 g/mol. The Morgan fingerprint density at radius 1 is 0.600 bits per heavy atom. The molecule has 0 saturated heterocycles. The molecule has 0 aliphatic heterocycles. The van der Waals surface area contributed by atoms with Gasteiger partial charge >= 0.3 is 0 Å². The molecular formula is H2Cl3NpO-3. The third-order valence-corrected chi connectivity index (χ3v) is 0. The molecule has 0 rings (SSSR count). The predicted octanol–water partition coefficient (Wildman–Crippen LogP) is -9.81. The first-order valence-electron chi connectivity index (χ1n) is 0. The van der Waals surface area contributed by atoms with Crippen LogP contribution in [0, 0.1) is 29.9 Å². The minimum atomic E-state index is 0. The molecule has 0 saturated carbocycles. The fraction of sp³-hybridized carbons (Fsp3) is 0. The van der Waals surface area contributed by atoms with Crippen LogP contribution < -0.4 is 37.2 Å². The average Bonchev–Trinajstić information content (AvgIpc) is 0. The summed E-state index contributed by atoms with van der Waals surface area (Å²) in [5, 5.41) is 0. The van der Waals surface area contributed by atoms with Crippen molar-refractivity contribution >= 4 is 0 Å². The predicted molar refractivity (Wildman–Crippen MR) is 3.61 cm³/mol. The Hall–Kier alpha value is 1.84. The Bertz CT molecular complexity index is 6.85. The van der Waals surface area contributed by atoms with Gasteiger partial charge in [-0.05, 0) is 0 Å². The third-order valence-electron chi connectivity index (χ3n) is 0. The first-order valence-corrected chi connectivity index (χ1v) is 0. The molecule has 0 unspecified atom stereocenters. The smallest absolute Gasteiger partial charge is 0 e. The molecule has 1 radical (unpaired) electrons. The van der Waals surface area contributed by atoms with E-state index in [4.69, 9.17) is 0 Å². The SMILES string of the molecule is O.[Cl-].[Cl-].[Cl-].[Np]. The van der Waals surface area contributed by atoms with E-state index in [1.807, 2.05) is 0 Å². The van der Waals surface area contributed by atoms with Crippen molar-refractivity contribution in [3.05, 3.63) is 0 Å². The molecule has 0 bridgehead atoms. The summed E-state index contributed by atoms with van der Waals surface area (Å²) in [6, 6.07) is 0. The van der Waals surface area contributed by atoms with E-state index in [-0.39, 0.29) is 72.6 Å². The molecule has 0 spiro atoms. The van der Waals surface area contributed by atoms with Crippen molar-refractivity contribution < 1.29 is 72.6 Å². The number of hydrogen-bond acceptors (Lipinski definition) is 0. The van der Waals surface area contributed by atoms with E-state index in [9.17, 15) is 0 Å². The van der Waals surface area contributed by atoms with Gasteiger partial charge in [-0.2, -0.15) is 0 Å². The van der Waals surface area contributed by atoms with Gasteiger partial charge in [0, 0.05) is 29.9 Å². The van der Waals surface area contributed by atoms with Crippen LogP contribution in [0.3, 0.4) is 0 Å². The zero-order chi connectivity index (χ0) is 0. The van der Waals surface area contributed by atoms with Gasteiger partial charge in [-0.15, -0.1) is 0 Å². The van der Waals surface area contributed by atoms with E-state index in [1.165, 1.54) is 0 Å². The molecule has 0 aromatic heterocycles. The summed E-state index contributed by atoms with van der Waals surface area (Å²) in [4.78, 5) is 0. The van der Waals surface area contributed by atoms with Gasteiger partial charge in [-0.3, -0.25) is 0 Å². The number of hydrogen-bond donors (Lipinski definition) is 0. The second-order valence-electron chi connectivity index (χ2n) is 0. The van der Waals surface area contributed by atoms with Gasteiger partial charge in [0.1, 0.15) is 0 Å². The van der Waals surface area contributed by atoms with Crippen molar-refractivity contribution in [2.24, 2.45) is 0 Å². The van der Waals surface area contributed by atoms with Crippen LogP contribution in [0.15, 0.2) is 0 Å². The van der Waals surface area contributed by atoms with Crippen molar-refractivity contribution in [1.82, 2.24) is 0 Å². The van der Waals surface area contributed by atoms with E-state index in [0.29, 0.717) is 0 Å². The van der Waals surface area contributed by atoms with Crippen LogP contribution >= 0.6 is 0 Å². The van der Waals surface area contributed by atoms with Crippen molar-refractivity contribution in [3.63, 3.8) is 0 Å². The van der Waals surface area contributed by atoms with Crippen LogP contribution in [0.4, 0.5) is 0 Å². The van der Waals surface area contributed by atoms with Crippen molar-refractivity contribution in [2.75, 3.05) is 0 Å². The van der Waals surface area contributed by atoms with Crippen LogP contribution in [0.1, 0.15) is 0 Å². The summed E-state index contributed by atoms with van der Waals surface area (Å²) in [5.74, 6) is 0. The summed E-state index contributed by atoms with van der Waals surface area (Å²) in [5.41, 5.74) is 0. The van der Waals surface area contributed by atoms with Crippen molar-refractivity contribution in [1.29, 1.82) is 0 Å². The van der Waals surface area contributed by atoms with Gasteiger partial charge in [0.2, 0.25) is 0 Å². The zero-order valence-corrected chi connectivity index (χ0v) is 8.07. The summed E-state index contributed by atoms with van der Waals surface area (Å²) in [6.45, 7) is 0. The minimum Gasteiger partial charge on any atom is -1.00 e. The topological polar surface area (TPSA) is 31.5 Å². The largest absolute Gasteiger partial charge is 1.00 e. The Balaban J connectivity index is 0. The van der Waals surface area contributed by atoms with E-state index >= 15 is 0 Å². The second kappa shape index (κ2) is 40.3. The summed E-state index contributed by atoms with van der Waals surface area (Å²) >= 11 is 0. The van der Waals surface area contributed by atoms with Crippen LogP contribution in [0.5, 0.6) is 0 Å². The van der Waals surface area contributed by atoms with Crippen molar-refractivity contribution in [3.8, 4) is 0 Å². The fourth-order valence-electron chi connectivity index (χ4n) is 0. The molecule has 0 amide bonds. The molecule has 0 aromatic carbocycles. The minimum absolute atomic E-state index is 0. The maximum atomic E-state index is 0. The molecule has 1 nitrogen and oxygen atoms in total. The summed E-state index contributed by atoms with van der Waals surface area (Å²) in [7, 11) is 0. The molecule has 0 atom stereocenters. The second-order valence-corrected chi connectivity index (χ2v) is 0. The van der Waals surface area contributed by atoms with Gasteiger partial charge in [0.25, 0.3) is 0 Å². The molecule has 0 fully saturated rings. The maximum absolute atomic E-state index is 0. The molecule has 0 heterocycles. The van der Waals surface area contributed by atoms with Crippen LogP contribution in [0.25, 0.3) is 0 Å². The molecule has 37 valence electrons. The van der Waals surface area contributed by atoms with E-state index < -0.39 is 0 Å². The standard InChI is InChI=1S/3ClH.Np.H2O/h3*1H;;1H2/p-3.